The lowest BCUT2D eigenvalue weighted by molar-refractivity contribution is -0.125. The van der Waals surface area contributed by atoms with Gasteiger partial charge in [0.1, 0.15) is 0 Å². The summed E-state index contributed by atoms with van der Waals surface area (Å²) in [7, 11) is 0. The molecule has 1 amide bonds. The van der Waals surface area contributed by atoms with E-state index in [4.69, 9.17) is 11.6 Å². The fraction of sp³-hybridized carbons (Fsp3) is 0.500. The second-order valence-electron chi connectivity index (χ2n) is 6.15. The highest BCUT2D eigenvalue weighted by Gasteiger charge is 2.30. The van der Waals surface area contributed by atoms with Crippen LogP contribution in [0.25, 0.3) is 10.2 Å². The summed E-state index contributed by atoms with van der Waals surface area (Å²) >= 11 is 7.72. The number of fused-ring (bicyclic) bond motifs is 1. The average molecular weight is 336 g/mol. The molecule has 22 heavy (non-hydrogen) atoms. The third-order valence-electron chi connectivity index (χ3n) is 4.40. The summed E-state index contributed by atoms with van der Waals surface area (Å²) in [5.74, 6) is 0.416. The van der Waals surface area contributed by atoms with Crippen molar-refractivity contribution in [2.24, 2.45) is 5.92 Å². The van der Waals surface area contributed by atoms with E-state index in [1.54, 1.807) is 11.3 Å². The molecule has 0 radical (unpaired) electrons. The zero-order valence-corrected chi connectivity index (χ0v) is 13.8. The van der Waals surface area contributed by atoms with Crippen LogP contribution in [0.2, 0.25) is 5.02 Å². The Labute approximate surface area is 138 Å². The Morgan fingerprint density at radius 2 is 2.05 bits per heavy atom. The van der Waals surface area contributed by atoms with E-state index in [0.29, 0.717) is 6.04 Å². The minimum Gasteiger partial charge on any atom is -0.353 e. The van der Waals surface area contributed by atoms with Gasteiger partial charge < -0.3 is 10.2 Å². The predicted molar refractivity (Wildman–Crippen MR) is 90.7 cm³/mol. The van der Waals surface area contributed by atoms with Crippen molar-refractivity contribution in [2.75, 3.05) is 18.0 Å². The minimum atomic E-state index is 0.167. The molecule has 1 aliphatic heterocycles. The van der Waals surface area contributed by atoms with Gasteiger partial charge in [-0.3, -0.25) is 4.79 Å². The molecule has 0 spiro atoms. The number of halogens is 1. The van der Waals surface area contributed by atoms with Crippen molar-refractivity contribution in [2.45, 2.75) is 31.7 Å². The zero-order valence-electron chi connectivity index (χ0n) is 12.2. The molecule has 1 aliphatic carbocycles. The van der Waals surface area contributed by atoms with Gasteiger partial charge in [0.15, 0.2) is 5.13 Å². The number of piperidine rings is 1. The average Bonchev–Trinajstić information content (AvgIpc) is 3.23. The van der Waals surface area contributed by atoms with E-state index in [1.807, 2.05) is 18.2 Å². The highest BCUT2D eigenvalue weighted by molar-refractivity contribution is 7.22. The number of rotatable bonds is 3. The van der Waals surface area contributed by atoms with Gasteiger partial charge in [-0.2, -0.15) is 0 Å². The Hall–Kier alpha value is -1.33. The summed E-state index contributed by atoms with van der Waals surface area (Å²) in [6.45, 7) is 1.80. The first kappa shape index (κ1) is 14.3. The summed E-state index contributed by atoms with van der Waals surface area (Å²) in [5.41, 5.74) is 0.959. The van der Waals surface area contributed by atoms with Gasteiger partial charge in [-0.25, -0.2) is 4.98 Å². The first-order valence-electron chi connectivity index (χ1n) is 7.80. The van der Waals surface area contributed by atoms with Crippen LogP contribution in [0.4, 0.5) is 5.13 Å². The van der Waals surface area contributed by atoms with Crippen molar-refractivity contribution < 1.29 is 4.79 Å². The third kappa shape index (κ3) is 2.92. The highest BCUT2D eigenvalue weighted by Crippen LogP contribution is 2.33. The standard InChI is InChI=1S/C16H18ClN3OS/c17-11-1-4-14-13(9-11)19-16(22-14)20-7-5-10(6-8-20)15(21)18-12-2-3-12/h1,4,9-10,12H,2-3,5-8H2,(H,18,21). The number of carbonyl (C=O) groups is 1. The maximum atomic E-state index is 12.1. The quantitative estimate of drug-likeness (QED) is 0.934. The van der Waals surface area contributed by atoms with Crippen LogP contribution in [-0.4, -0.2) is 30.0 Å². The van der Waals surface area contributed by atoms with Crippen LogP contribution in [0, 0.1) is 5.92 Å². The lowest BCUT2D eigenvalue weighted by atomic mass is 9.96. The fourth-order valence-electron chi connectivity index (χ4n) is 2.90. The Morgan fingerprint density at radius 3 is 2.77 bits per heavy atom. The van der Waals surface area contributed by atoms with Crippen LogP contribution < -0.4 is 10.2 Å². The summed E-state index contributed by atoms with van der Waals surface area (Å²) < 4.78 is 1.16. The van der Waals surface area contributed by atoms with Crippen LogP contribution >= 0.6 is 22.9 Å². The van der Waals surface area contributed by atoms with Crippen molar-refractivity contribution in [3.05, 3.63) is 23.2 Å². The number of anilines is 1. The normalized spacial score (nSPS) is 19.6. The van der Waals surface area contributed by atoms with Gasteiger partial charge in [-0.05, 0) is 43.9 Å². The fourth-order valence-corrected chi connectivity index (χ4v) is 4.07. The predicted octanol–water partition coefficient (Wildman–Crippen LogP) is 3.44. The molecule has 1 aromatic carbocycles. The van der Waals surface area contributed by atoms with E-state index in [2.05, 4.69) is 15.2 Å². The maximum absolute atomic E-state index is 12.1. The number of hydrogen-bond acceptors (Lipinski definition) is 4. The van der Waals surface area contributed by atoms with Gasteiger partial charge in [0.05, 0.1) is 10.2 Å². The number of hydrogen-bond donors (Lipinski definition) is 1. The van der Waals surface area contributed by atoms with Crippen LogP contribution in [0.1, 0.15) is 25.7 Å². The summed E-state index contributed by atoms with van der Waals surface area (Å²) in [5, 5.41) is 4.88. The van der Waals surface area contributed by atoms with Gasteiger partial charge in [0.25, 0.3) is 0 Å². The van der Waals surface area contributed by atoms with Crippen LogP contribution in [-0.2, 0) is 4.79 Å². The molecule has 6 heteroatoms. The lowest BCUT2D eigenvalue weighted by Crippen LogP contribution is -2.41. The van der Waals surface area contributed by atoms with Gasteiger partial charge >= 0.3 is 0 Å². The third-order valence-corrected chi connectivity index (χ3v) is 5.73. The topological polar surface area (TPSA) is 45.2 Å². The molecule has 1 N–H and O–H groups in total. The van der Waals surface area contributed by atoms with Crippen LogP contribution in [0.3, 0.4) is 0 Å². The number of aromatic nitrogens is 1. The van der Waals surface area contributed by atoms with E-state index >= 15 is 0 Å². The van der Waals surface area contributed by atoms with E-state index in [0.717, 1.165) is 59.1 Å². The van der Waals surface area contributed by atoms with Crippen molar-refractivity contribution >= 4 is 44.2 Å². The Bertz CT molecular complexity index is 704. The first-order valence-corrected chi connectivity index (χ1v) is 9.00. The van der Waals surface area contributed by atoms with E-state index in [9.17, 15) is 4.79 Å². The molecule has 2 fully saturated rings. The summed E-state index contributed by atoms with van der Waals surface area (Å²) in [4.78, 5) is 19.1. The molecular formula is C16H18ClN3OS. The lowest BCUT2D eigenvalue weighted by Gasteiger charge is -2.31. The van der Waals surface area contributed by atoms with Crippen LogP contribution in [0.15, 0.2) is 18.2 Å². The molecule has 2 aromatic rings. The van der Waals surface area contributed by atoms with Gasteiger partial charge in [-0.1, -0.05) is 22.9 Å². The Morgan fingerprint density at radius 1 is 1.27 bits per heavy atom. The number of nitrogens with zero attached hydrogens (tertiary/aromatic N) is 2. The molecule has 2 heterocycles. The minimum absolute atomic E-state index is 0.167. The second-order valence-corrected chi connectivity index (χ2v) is 7.60. The smallest absolute Gasteiger partial charge is 0.223 e. The highest BCUT2D eigenvalue weighted by atomic mass is 35.5. The molecule has 0 unspecified atom stereocenters. The van der Waals surface area contributed by atoms with Gasteiger partial charge in [0.2, 0.25) is 5.91 Å². The van der Waals surface area contributed by atoms with E-state index in [-0.39, 0.29) is 11.8 Å². The Balaban J connectivity index is 1.42. The largest absolute Gasteiger partial charge is 0.353 e. The van der Waals surface area contributed by atoms with Crippen molar-refractivity contribution in [3.63, 3.8) is 0 Å². The number of thiazole rings is 1. The maximum Gasteiger partial charge on any atom is 0.223 e. The molecule has 1 aromatic heterocycles. The van der Waals surface area contributed by atoms with Crippen LogP contribution in [0.5, 0.6) is 0 Å². The summed E-state index contributed by atoms with van der Waals surface area (Å²) in [6.07, 6.45) is 4.13. The van der Waals surface area contributed by atoms with Gasteiger partial charge in [-0.15, -0.1) is 0 Å². The number of benzene rings is 1. The molecule has 4 nitrogen and oxygen atoms in total. The summed E-state index contributed by atoms with van der Waals surface area (Å²) in [6, 6.07) is 6.29. The Kier molecular flexibility index (Phi) is 3.70. The SMILES string of the molecule is O=C(NC1CC1)C1CCN(c2nc3cc(Cl)ccc3s2)CC1. The zero-order chi connectivity index (χ0) is 15.1. The molecule has 1 saturated heterocycles. The molecule has 116 valence electrons. The second kappa shape index (κ2) is 5.70. The van der Waals surface area contributed by atoms with E-state index < -0.39 is 0 Å². The number of carbonyl (C=O) groups excluding carboxylic acids is 1. The van der Waals surface area contributed by atoms with Crippen molar-refractivity contribution in [1.82, 2.24) is 10.3 Å². The van der Waals surface area contributed by atoms with E-state index in [1.165, 1.54) is 0 Å². The molecule has 2 aliphatic rings. The number of amides is 1. The number of nitrogens with one attached hydrogen (secondary N) is 1. The molecule has 1 saturated carbocycles. The van der Waals surface area contributed by atoms with Gasteiger partial charge in [0, 0.05) is 30.1 Å². The molecule has 0 atom stereocenters. The monoisotopic (exact) mass is 335 g/mol. The molecule has 0 bridgehead atoms. The van der Waals surface area contributed by atoms with Crippen molar-refractivity contribution in [1.29, 1.82) is 0 Å². The first-order chi connectivity index (χ1) is 10.7. The molecular weight excluding hydrogens is 318 g/mol. The van der Waals surface area contributed by atoms with Crippen molar-refractivity contribution in [3.8, 4) is 0 Å². The molecule has 4 rings (SSSR count).